The number of rotatable bonds is 2. The highest BCUT2D eigenvalue weighted by Crippen LogP contribution is 2.22. The van der Waals surface area contributed by atoms with Gasteiger partial charge in [0.15, 0.2) is 0 Å². The van der Waals surface area contributed by atoms with Gasteiger partial charge < -0.3 is 0 Å². The average Bonchev–Trinajstić information content (AvgIpc) is 2.28. The molecule has 2 rings (SSSR count). The van der Waals surface area contributed by atoms with Crippen LogP contribution in [0.1, 0.15) is 33.1 Å². The van der Waals surface area contributed by atoms with Crippen molar-refractivity contribution in [3.05, 3.63) is 0 Å². The van der Waals surface area contributed by atoms with E-state index >= 15 is 0 Å². The molecule has 100 valence electrons. The van der Waals surface area contributed by atoms with Gasteiger partial charge >= 0.3 is 6.03 Å². The molecule has 1 unspecified atom stereocenters. The van der Waals surface area contributed by atoms with Crippen LogP contribution in [0.25, 0.3) is 0 Å². The SMILES string of the molecule is CC(C)C1C(=O)NC(=O)N(N2CCCCC2)C1=O. The summed E-state index contributed by atoms with van der Waals surface area (Å²) in [6, 6.07) is -0.608. The first-order valence-corrected chi connectivity index (χ1v) is 6.46. The number of carbonyl (C=O) groups excluding carboxylic acids is 3. The van der Waals surface area contributed by atoms with Gasteiger partial charge in [0.1, 0.15) is 5.92 Å². The van der Waals surface area contributed by atoms with E-state index in [0.717, 1.165) is 24.3 Å². The minimum atomic E-state index is -0.760. The molecule has 2 fully saturated rings. The van der Waals surface area contributed by atoms with Crippen LogP contribution in [0, 0.1) is 11.8 Å². The van der Waals surface area contributed by atoms with Crippen LogP contribution in [-0.4, -0.2) is 41.0 Å². The van der Waals surface area contributed by atoms with Crippen LogP contribution in [-0.2, 0) is 9.59 Å². The third kappa shape index (κ3) is 2.25. The smallest absolute Gasteiger partial charge is 0.276 e. The summed E-state index contributed by atoms with van der Waals surface area (Å²) < 4.78 is 0. The lowest BCUT2D eigenvalue weighted by atomic mass is 9.92. The van der Waals surface area contributed by atoms with Crippen molar-refractivity contribution in [1.29, 1.82) is 0 Å². The third-order valence-corrected chi connectivity index (χ3v) is 3.46. The molecule has 6 nitrogen and oxygen atoms in total. The third-order valence-electron chi connectivity index (χ3n) is 3.46. The average molecular weight is 253 g/mol. The fraction of sp³-hybridized carbons (Fsp3) is 0.750. The lowest BCUT2D eigenvalue weighted by molar-refractivity contribution is -0.157. The van der Waals surface area contributed by atoms with Gasteiger partial charge in [0.2, 0.25) is 5.91 Å². The molecule has 0 spiro atoms. The van der Waals surface area contributed by atoms with Crippen molar-refractivity contribution >= 4 is 17.8 Å². The van der Waals surface area contributed by atoms with E-state index < -0.39 is 17.9 Å². The second-order valence-electron chi connectivity index (χ2n) is 5.18. The van der Waals surface area contributed by atoms with Gasteiger partial charge in [-0.15, -0.1) is 0 Å². The number of barbiturate groups is 1. The van der Waals surface area contributed by atoms with Crippen molar-refractivity contribution in [2.24, 2.45) is 11.8 Å². The molecule has 0 aromatic carbocycles. The van der Waals surface area contributed by atoms with Crippen molar-refractivity contribution in [2.75, 3.05) is 13.1 Å². The molecule has 0 bridgehead atoms. The summed E-state index contributed by atoms with van der Waals surface area (Å²) in [4.78, 5) is 35.8. The van der Waals surface area contributed by atoms with E-state index in [-0.39, 0.29) is 11.8 Å². The second kappa shape index (κ2) is 5.06. The normalized spacial score (nSPS) is 26.7. The summed E-state index contributed by atoms with van der Waals surface area (Å²) in [7, 11) is 0. The molecule has 6 heteroatoms. The fourth-order valence-corrected chi connectivity index (χ4v) is 2.51. The summed E-state index contributed by atoms with van der Waals surface area (Å²) in [5.74, 6) is -1.74. The Morgan fingerprint density at radius 1 is 1.11 bits per heavy atom. The largest absolute Gasteiger partial charge is 0.345 e. The standard InChI is InChI=1S/C12H19N3O3/c1-8(2)9-10(16)13-12(18)15(11(9)17)14-6-4-3-5-7-14/h8-9H,3-7H2,1-2H3,(H,13,16,18). The molecule has 2 aliphatic heterocycles. The molecule has 2 heterocycles. The van der Waals surface area contributed by atoms with Gasteiger partial charge in [-0.2, -0.15) is 5.01 Å². The van der Waals surface area contributed by atoms with Gasteiger partial charge in [-0.3, -0.25) is 14.9 Å². The number of nitrogens with one attached hydrogen (secondary N) is 1. The Morgan fingerprint density at radius 3 is 2.28 bits per heavy atom. The number of hydrazine groups is 1. The van der Waals surface area contributed by atoms with E-state index in [9.17, 15) is 14.4 Å². The molecule has 0 aromatic heterocycles. The minimum absolute atomic E-state index is 0.113. The zero-order chi connectivity index (χ0) is 13.3. The highest BCUT2D eigenvalue weighted by Gasteiger charge is 2.44. The number of hydrogen-bond donors (Lipinski definition) is 1. The van der Waals surface area contributed by atoms with Gasteiger partial charge in [-0.25, -0.2) is 9.80 Å². The highest BCUT2D eigenvalue weighted by atomic mass is 16.2. The molecular weight excluding hydrogens is 234 g/mol. The number of carbonyl (C=O) groups is 3. The topological polar surface area (TPSA) is 69.7 Å². The van der Waals surface area contributed by atoms with Crippen molar-refractivity contribution in [2.45, 2.75) is 33.1 Å². The lowest BCUT2D eigenvalue weighted by Crippen LogP contribution is -2.64. The summed E-state index contributed by atoms with van der Waals surface area (Å²) in [6.07, 6.45) is 3.06. The Bertz CT molecular complexity index is 375. The van der Waals surface area contributed by atoms with Crippen LogP contribution in [0.5, 0.6) is 0 Å². The van der Waals surface area contributed by atoms with Crippen LogP contribution < -0.4 is 5.32 Å². The van der Waals surface area contributed by atoms with E-state index in [0.29, 0.717) is 13.1 Å². The quantitative estimate of drug-likeness (QED) is 0.737. The molecular formula is C12H19N3O3. The molecule has 1 N–H and O–H groups in total. The minimum Gasteiger partial charge on any atom is -0.276 e. The Morgan fingerprint density at radius 2 is 1.72 bits per heavy atom. The molecule has 0 saturated carbocycles. The predicted octanol–water partition coefficient (Wildman–Crippen LogP) is 0.738. The maximum atomic E-state index is 12.3. The summed E-state index contributed by atoms with van der Waals surface area (Å²) >= 11 is 0. The van der Waals surface area contributed by atoms with E-state index in [1.54, 1.807) is 5.01 Å². The van der Waals surface area contributed by atoms with Crippen molar-refractivity contribution in [3.63, 3.8) is 0 Å². The number of urea groups is 1. The van der Waals surface area contributed by atoms with Crippen LogP contribution in [0.2, 0.25) is 0 Å². The molecule has 0 aromatic rings. The van der Waals surface area contributed by atoms with E-state index in [1.807, 2.05) is 13.8 Å². The highest BCUT2D eigenvalue weighted by molar-refractivity contribution is 6.15. The molecule has 2 saturated heterocycles. The Labute approximate surface area is 106 Å². The molecule has 1 atom stereocenters. The van der Waals surface area contributed by atoms with Gasteiger partial charge in [-0.05, 0) is 18.8 Å². The Balaban J connectivity index is 2.20. The van der Waals surface area contributed by atoms with E-state index in [4.69, 9.17) is 0 Å². The number of hydrogen-bond acceptors (Lipinski definition) is 4. The van der Waals surface area contributed by atoms with Crippen molar-refractivity contribution < 1.29 is 14.4 Å². The van der Waals surface area contributed by atoms with Crippen molar-refractivity contribution in [1.82, 2.24) is 15.3 Å². The lowest BCUT2D eigenvalue weighted by Gasteiger charge is -2.40. The van der Waals surface area contributed by atoms with E-state index in [2.05, 4.69) is 5.32 Å². The van der Waals surface area contributed by atoms with Crippen LogP contribution >= 0.6 is 0 Å². The predicted molar refractivity (Wildman–Crippen MR) is 64.1 cm³/mol. The van der Waals surface area contributed by atoms with Gasteiger partial charge in [0, 0.05) is 13.1 Å². The summed E-state index contributed by atoms with van der Waals surface area (Å²) in [5, 5.41) is 5.16. The first kappa shape index (κ1) is 13.0. The maximum Gasteiger partial charge on any atom is 0.345 e. The van der Waals surface area contributed by atoms with Gasteiger partial charge in [-0.1, -0.05) is 20.3 Å². The zero-order valence-corrected chi connectivity index (χ0v) is 10.8. The number of imide groups is 2. The van der Waals surface area contributed by atoms with E-state index in [1.165, 1.54) is 0 Å². The summed E-state index contributed by atoms with van der Waals surface area (Å²) in [5.41, 5.74) is 0. The zero-order valence-electron chi connectivity index (χ0n) is 10.8. The Kier molecular flexibility index (Phi) is 3.65. The first-order valence-electron chi connectivity index (χ1n) is 6.46. The van der Waals surface area contributed by atoms with Crippen LogP contribution in [0.3, 0.4) is 0 Å². The summed E-state index contributed by atoms with van der Waals surface area (Å²) in [6.45, 7) is 5.01. The number of nitrogens with zero attached hydrogens (tertiary/aromatic N) is 2. The fourth-order valence-electron chi connectivity index (χ4n) is 2.51. The molecule has 4 amide bonds. The molecule has 2 aliphatic rings. The number of piperidine rings is 1. The maximum absolute atomic E-state index is 12.3. The van der Waals surface area contributed by atoms with Crippen LogP contribution in [0.15, 0.2) is 0 Å². The molecule has 0 radical (unpaired) electrons. The molecule has 18 heavy (non-hydrogen) atoms. The van der Waals surface area contributed by atoms with Gasteiger partial charge in [0.05, 0.1) is 0 Å². The Hall–Kier alpha value is -1.43. The first-order chi connectivity index (χ1) is 8.52. The van der Waals surface area contributed by atoms with Gasteiger partial charge in [0.25, 0.3) is 5.91 Å². The van der Waals surface area contributed by atoms with Crippen LogP contribution in [0.4, 0.5) is 4.79 Å². The second-order valence-corrected chi connectivity index (χ2v) is 5.18. The monoisotopic (exact) mass is 253 g/mol. The number of amides is 4. The van der Waals surface area contributed by atoms with Crippen molar-refractivity contribution in [3.8, 4) is 0 Å². The molecule has 0 aliphatic carbocycles.